The summed E-state index contributed by atoms with van der Waals surface area (Å²) in [5.74, 6) is 1.02. The Morgan fingerprint density at radius 1 is 1.21 bits per heavy atom. The van der Waals surface area contributed by atoms with E-state index in [9.17, 15) is 0 Å². The Morgan fingerprint density at radius 3 is 2.42 bits per heavy atom. The van der Waals surface area contributed by atoms with Crippen LogP contribution in [0, 0.1) is 13.8 Å². The number of piperidine rings is 1. The van der Waals surface area contributed by atoms with E-state index in [-0.39, 0.29) is 0 Å². The SMILES string of the molecule is COc1c(C)cc(CCNC2CCNCC2)cc1C. The molecule has 106 valence electrons. The molecule has 1 aromatic carbocycles. The summed E-state index contributed by atoms with van der Waals surface area (Å²) in [5, 5.41) is 7.06. The molecule has 3 nitrogen and oxygen atoms in total. The number of rotatable bonds is 5. The van der Waals surface area contributed by atoms with Gasteiger partial charge in [0, 0.05) is 6.04 Å². The quantitative estimate of drug-likeness (QED) is 0.853. The van der Waals surface area contributed by atoms with Crippen LogP contribution in [0.5, 0.6) is 5.75 Å². The van der Waals surface area contributed by atoms with Crippen molar-refractivity contribution in [3.63, 3.8) is 0 Å². The molecular formula is C16H26N2O. The van der Waals surface area contributed by atoms with Gasteiger partial charge in [-0.15, -0.1) is 0 Å². The van der Waals surface area contributed by atoms with Crippen molar-refractivity contribution in [2.75, 3.05) is 26.7 Å². The van der Waals surface area contributed by atoms with Gasteiger partial charge in [0.05, 0.1) is 7.11 Å². The van der Waals surface area contributed by atoms with Gasteiger partial charge in [-0.05, 0) is 69.4 Å². The molecule has 19 heavy (non-hydrogen) atoms. The maximum atomic E-state index is 5.41. The minimum atomic E-state index is 0.696. The summed E-state index contributed by atoms with van der Waals surface area (Å²) < 4.78 is 5.41. The van der Waals surface area contributed by atoms with Gasteiger partial charge in [0.1, 0.15) is 5.75 Å². The molecule has 2 N–H and O–H groups in total. The van der Waals surface area contributed by atoms with Crippen LogP contribution in [0.3, 0.4) is 0 Å². The molecule has 0 aromatic heterocycles. The van der Waals surface area contributed by atoms with Gasteiger partial charge in [-0.3, -0.25) is 0 Å². The summed E-state index contributed by atoms with van der Waals surface area (Å²) in [6.07, 6.45) is 3.59. The van der Waals surface area contributed by atoms with Crippen LogP contribution in [0.2, 0.25) is 0 Å². The first-order valence-corrected chi connectivity index (χ1v) is 7.29. The second-order valence-electron chi connectivity index (χ2n) is 5.49. The third-order valence-corrected chi connectivity index (χ3v) is 3.91. The Kier molecular flexibility index (Phi) is 5.23. The van der Waals surface area contributed by atoms with E-state index >= 15 is 0 Å². The van der Waals surface area contributed by atoms with Gasteiger partial charge in [-0.25, -0.2) is 0 Å². The number of ether oxygens (including phenoxy) is 1. The van der Waals surface area contributed by atoms with Gasteiger partial charge in [0.15, 0.2) is 0 Å². The lowest BCUT2D eigenvalue weighted by molar-refractivity contribution is 0.389. The van der Waals surface area contributed by atoms with E-state index in [0.717, 1.165) is 31.8 Å². The fourth-order valence-corrected chi connectivity index (χ4v) is 2.95. The molecule has 0 bridgehead atoms. The van der Waals surface area contributed by atoms with Crippen LogP contribution in [0.15, 0.2) is 12.1 Å². The lowest BCUT2D eigenvalue weighted by atomic mass is 10.0. The Morgan fingerprint density at radius 2 is 1.84 bits per heavy atom. The first kappa shape index (κ1) is 14.4. The maximum absolute atomic E-state index is 5.41. The second kappa shape index (κ2) is 6.92. The molecule has 1 aliphatic heterocycles. The average Bonchev–Trinajstić information content (AvgIpc) is 2.40. The topological polar surface area (TPSA) is 33.3 Å². The molecule has 1 fully saturated rings. The van der Waals surface area contributed by atoms with Crippen LogP contribution in [0.4, 0.5) is 0 Å². The van der Waals surface area contributed by atoms with E-state index in [2.05, 4.69) is 36.6 Å². The molecule has 0 unspecified atom stereocenters. The van der Waals surface area contributed by atoms with E-state index in [0.29, 0.717) is 6.04 Å². The monoisotopic (exact) mass is 262 g/mol. The molecule has 0 atom stereocenters. The number of methoxy groups -OCH3 is 1. The highest BCUT2D eigenvalue weighted by molar-refractivity contribution is 5.43. The normalized spacial score (nSPS) is 16.6. The van der Waals surface area contributed by atoms with Crippen LogP contribution >= 0.6 is 0 Å². The first-order chi connectivity index (χ1) is 9.20. The highest BCUT2D eigenvalue weighted by Gasteiger charge is 2.11. The van der Waals surface area contributed by atoms with Crippen molar-refractivity contribution in [3.8, 4) is 5.75 Å². The minimum absolute atomic E-state index is 0.696. The standard InChI is InChI=1S/C16H26N2O/c1-12-10-14(11-13(2)16(12)19-3)4-9-18-15-5-7-17-8-6-15/h10-11,15,17-18H,4-9H2,1-3H3. The minimum Gasteiger partial charge on any atom is -0.496 e. The van der Waals surface area contributed by atoms with Crippen molar-refractivity contribution in [1.82, 2.24) is 10.6 Å². The van der Waals surface area contributed by atoms with E-state index in [1.54, 1.807) is 7.11 Å². The smallest absolute Gasteiger partial charge is 0.124 e. The number of hydrogen-bond donors (Lipinski definition) is 2. The largest absolute Gasteiger partial charge is 0.496 e. The van der Waals surface area contributed by atoms with E-state index < -0.39 is 0 Å². The van der Waals surface area contributed by atoms with Gasteiger partial charge in [0.25, 0.3) is 0 Å². The second-order valence-corrected chi connectivity index (χ2v) is 5.49. The number of benzene rings is 1. The summed E-state index contributed by atoms with van der Waals surface area (Å²) >= 11 is 0. The summed E-state index contributed by atoms with van der Waals surface area (Å²) in [6.45, 7) is 7.61. The van der Waals surface area contributed by atoms with Gasteiger partial charge in [-0.2, -0.15) is 0 Å². The van der Waals surface area contributed by atoms with Crippen LogP contribution in [-0.4, -0.2) is 32.8 Å². The molecule has 0 amide bonds. The summed E-state index contributed by atoms with van der Waals surface area (Å²) in [4.78, 5) is 0. The Hall–Kier alpha value is -1.06. The summed E-state index contributed by atoms with van der Waals surface area (Å²) in [7, 11) is 1.74. The van der Waals surface area contributed by atoms with E-state index in [4.69, 9.17) is 4.74 Å². The molecule has 0 aliphatic carbocycles. The average molecular weight is 262 g/mol. The zero-order valence-electron chi connectivity index (χ0n) is 12.4. The Balaban J connectivity index is 1.85. The molecule has 1 heterocycles. The van der Waals surface area contributed by atoms with Gasteiger partial charge >= 0.3 is 0 Å². The molecule has 2 rings (SSSR count). The zero-order valence-corrected chi connectivity index (χ0v) is 12.4. The van der Waals surface area contributed by atoms with Crippen LogP contribution in [0.1, 0.15) is 29.5 Å². The summed E-state index contributed by atoms with van der Waals surface area (Å²) in [5.41, 5.74) is 3.87. The van der Waals surface area contributed by atoms with Crippen molar-refractivity contribution in [1.29, 1.82) is 0 Å². The Labute approximate surface area is 116 Å². The molecule has 0 spiro atoms. The lowest BCUT2D eigenvalue weighted by Gasteiger charge is -2.23. The molecule has 1 aromatic rings. The zero-order chi connectivity index (χ0) is 13.7. The number of aryl methyl sites for hydroxylation is 2. The molecule has 0 radical (unpaired) electrons. The molecule has 1 aliphatic rings. The van der Waals surface area contributed by atoms with Gasteiger partial charge in [0.2, 0.25) is 0 Å². The van der Waals surface area contributed by atoms with E-state index in [1.807, 2.05) is 0 Å². The lowest BCUT2D eigenvalue weighted by Crippen LogP contribution is -2.40. The van der Waals surface area contributed by atoms with Gasteiger partial charge < -0.3 is 15.4 Å². The van der Waals surface area contributed by atoms with Crippen LogP contribution < -0.4 is 15.4 Å². The predicted octanol–water partition coefficient (Wildman–Crippen LogP) is 2.20. The fraction of sp³-hybridized carbons (Fsp3) is 0.625. The number of hydrogen-bond acceptors (Lipinski definition) is 3. The molecule has 3 heteroatoms. The third-order valence-electron chi connectivity index (χ3n) is 3.91. The van der Waals surface area contributed by atoms with Gasteiger partial charge in [-0.1, -0.05) is 12.1 Å². The first-order valence-electron chi connectivity index (χ1n) is 7.29. The molecule has 1 saturated heterocycles. The van der Waals surface area contributed by atoms with E-state index in [1.165, 1.54) is 29.5 Å². The van der Waals surface area contributed by atoms with Crippen LogP contribution in [0.25, 0.3) is 0 Å². The molecular weight excluding hydrogens is 236 g/mol. The van der Waals surface area contributed by atoms with Crippen molar-refractivity contribution in [2.24, 2.45) is 0 Å². The van der Waals surface area contributed by atoms with Crippen molar-refractivity contribution < 1.29 is 4.74 Å². The van der Waals surface area contributed by atoms with Crippen molar-refractivity contribution in [2.45, 2.75) is 39.2 Å². The highest BCUT2D eigenvalue weighted by atomic mass is 16.5. The highest BCUT2D eigenvalue weighted by Crippen LogP contribution is 2.24. The third kappa shape index (κ3) is 3.95. The number of nitrogens with one attached hydrogen (secondary N) is 2. The summed E-state index contributed by atoms with van der Waals surface area (Å²) in [6, 6.07) is 5.19. The Bertz CT molecular complexity index is 388. The van der Waals surface area contributed by atoms with Crippen LogP contribution in [-0.2, 0) is 6.42 Å². The predicted molar refractivity (Wildman–Crippen MR) is 80.1 cm³/mol. The molecule has 0 saturated carbocycles. The van der Waals surface area contributed by atoms with Crippen molar-refractivity contribution >= 4 is 0 Å². The van der Waals surface area contributed by atoms with Crippen molar-refractivity contribution in [3.05, 3.63) is 28.8 Å². The maximum Gasteiger partial charge on any atom is 0.124 e. The fourth-order valence-electron chi connectivity index (χ4n) is 2.95.